The first-order valence-corrected chi connectivity index (χ1v) is 6.02. The van der Waals surface area contributed by atoms with Gasteiger partial charge in [0.15, 0.2) is 0 Å². The lowest BCUT2D eigenvalue weighted by Crippen LogP contribution is -2.31. The fraction of sp³-hybridized carbons (Fsp3) is 0.700. The number of nitrogens with zero attached hydrogens (tertiary/aromatic N) is 1. The molecule has 0 aliphatic carbocycles. The van der Waals surface area contributed by atoms with Gasteiger partial charge in [0.2, 0.25) is 0 Å². The molecule has 80 valence electrons. The van der Waals surface area contributed by atoms with E-state index in [1.165, 1.54) is 5.56 Å². The number of rotatable bonds is 5. The highest BCUT2D eigenvalue weighted by Gasteiger charge is 2.14. The van der Waals surface area contributed by atoms with E-state index in [1.807, 2.05) is 24.9 Å². The second-order valence-electron chi connectivity index (χ2n) is 4.09. The number of H-pyrrole nitrogens is 1. The van der Waals surface area contributed by atoms with E-state index in [0.717, 1.165) is 18.8 Å². The number of aromatic nitrogens is 2. The maximum absolute atomic E-state index is 3.99. The van der Waals surface area contributed by atoms with Crippen molar-refractivity contribution < 1.29 is 0 Å². The SMILES string of the molecule is CSC(C)(C)CNCc1cn[nH]c1C. The van der Waals surface area contributed by atoms with Crippen molar-refractivity contribution in [2.45, 2.75) is 32.1 Å². The van der Waals surface area contributed by atoms with Gasteiger partial charge in [-0.25, -0.2) is 0 Å². The second kappa shape index (κ2) is 4.84. The Kier molecular flexibility index (Phi) is 4.01. The molecule has 0 bridgehead atoms. The number of hydrogen-bond acceptors (Lipinski definition) is 3. The molecule has 0 saturated heterocycles. The van der Waals surface area contributed by atoms with Crippen molar-refractivity contribution in [2.24, 2.45) is 0 Å². The largest absolute Gasteiger partial charge is 0.311 e. The van der Waals surface area contributed by atoms with Gasteiger partial charge in [0.1, 0.15) is 0 Å². The summed E-state index contributed by atoms with van der Waals surface area (Å²) in [6, 6.07) is 0. The predicted molar refractivity (Wildman–Crippen MR) is 62.6 cm³/mol. The zero-order chi connectivity index (χ0) is 10.6. The highest BCUT2D eigenvalue weighted by Crippen LogP contribution is 2.19. The molecule has 4 heteroatoms. The van der Waals surface area contributed by atoms with E-state index in [2.05, 4.69) is 35.6 Å². The van der Waals surface area contributed by atoms with Crippen LogP contribution in [0.15, 0.2) is 6.20 Å². The lowest BCUT2D eigenvalue weighted by atomic mass is 10.2. The van der Waals surface area contributed by atoms with E-state index < -0.39 is 0 Å². The molecule has 0 aromatic carbocycles. The summed E-state index contributed by atoms with van der Waals surface area (Å²) in [6.45, 7) is 8.44. The van der Waals surface area contributed by atoms with E-state index in [0.29, 0.717) is 4.75 Å². The van der Waals surface area contributed by atoms with Crippen LogP contribution < -0.4 is 5.32 Å². The van der Waals surface area contributed by atoms with Gasteiger partial charge in [0.25, 0.3) is 0 Å². The van der Waals surface area contributed by atoms with E-state index in [-0.39, 0.29) is 0 Å². The molecule has 0 unspecified atom stereocenters. The fourth-order valence-corrected chi connectivity index (χ4v) is 1.37. The van der Waals surface area contributed by atoms with Crippen LogP contribution >= 0.6 is 11.8 Å². The zero-order valence-corrected chi connectivity index (χ0v) is 10.2. The van der Waals surface area contributed by atoms with Crippen molar-refractivity contribution in [3.8, 4) is 0 Å². The summed E-state index contributed by atoms with van der Waals surface area (Å²) < 4.78 is 0.303. The molecular formula is C10H19N3S. The summed E-state index contributed by atoms with van der Waals surface area (Å²) in [5, 5.41) is 10.4. The molecule has 0 amide bonds. The van der Waals surface area contributed by atoms with Crippen molar-refractivity contribution in [3.63, 3.8) is 0 Å². The van der Waals surface area contributed by atoms with Gasteiger partial charge >= 0.3 is 0 Å². The minimum Gasteiger partial charge on any atom is -0.311 e. The monoisotopic (exact) mass is 213 g/mol. The van der Waals surface area contributed by atoms with Gasteiger partial charge in [-0.15, -0.1) is 0 Å². The van der Waals surface area contributed by atoms with Crippen LogP contribution in [0.1, 0.15) is 25.1 Å². The highest BCUT2D eigenvalue weighted by molar-refractivity contribution is 7.99. The molecule has 0 radical (unpaired) electrons. The first-order chi connectivity index (χ1) is 6.55. The minimum atomic E-state index is 0.303. The molecule has 0 aliphatic heterocycles. The van der Waals surface area contributed by atoms with Crippen LogP contribution in [0.3, 0.4) is 0 Å². The maximum Gasteiger partial charge on any atom is 0.0535 e. The molecule has 3 nitrogen and oxygen atoms in total. The first kappa shape index (κ1) is 11.6. The summed E-state index contributed by atoms with van der Waals surface area (Å²) in [4.78, 5) is 0. The van der Waals surface area contributed by atoms with Gasteiger partial charge in [-0.1, -0.05) is 0 Å². The van der Waals surface area contributed by atoms with Crippen LogP contribution in [0.2, 0.25) is 0 Å². The van der Waals surface area contributed by atoms with Gasteiger partial charge in [0, 0.05) is 29.1 Å². The molecule has 0 saturated carbocycles. The smallest absolute Gasteiger partial charge is 0.0535 e. The Balaban J connectivity index is 2.32. The molecule has 14 heavy (non-hydrogen) atoms. The Morgan fingerprint density at radius 1 is 1.57 bits per heavy atom. The Hall–Kier alpha value is -0.480. The van der Waals surface area contributed by atoms with Gasteiger partial charge < -0.3 is 5.32 Å². The molecule has 1 heterocycles. The number of nitrogens with one attached hydrogen (secondary N) is 2. The Morgan fingerprint density at radius 2 is 2.29 bits per heavy atom. The quantitative estimate of drug-likeness (QED) is 0.785. The molecule has 0 atom stereocenters. The van der Waals surface area contributed by atoms with Crippen LogP contribution in [0, 0.1) is 6.92 Å². The average molecular weight is 213 g/mol. The number of hydrogen-bond donors (Lipinski definition) is 2. The number of aryl methyl sites for hydroxylation is 1. The van der Waals surface area contributed by atoms with Crippen LogP contribution in [-0.4, -0.2) is 27.7 Å². The topological polar surface area (TPSA) is 40.7 Å². The summed E-state index contributed by atoms with van der Waals surface area (Å²) in [5.74, 6) is 0. The van der Waals surface area contributed by atoms with Crippen LogP contribution in [-0.2, 0) is 6.54 Å². The molecule has 1 rings (SSSR count). The molecule has 1 aromatic rings. The van der Waals surface area contributed by atoms with E-state index >= 15 is 0 Å². The lowest BCUT2D eigenvalue weighted by molar-refractivity contribution is 0.590. The molecule has 2 N–H and O–H groups in total. The standard InChI is InChI=1S/C10H19N3S/c1-8-9(6-12-13-8)5-11-7-10(2,3)14-4/h6,11H,5,7H2,1-4H3,(H,12,13). The summed E-state index contributed by atoms with van der Waals surface area (Å²) >= 11 is 1.88. The minimum absolute atomic E-state index is 0.303. The summed E-state index contributed by atoms with van der Waals surface area (Å²) in [6.07, 6.45) is 4.03. The zero-order valence-electron chi connectivity index (χ0n) is 9.35. The Morgan fingerprint density at radius 3 is 2.79 bits per heavy atom. The fourth-order valence-electron chi connectivity index (χ4n) is 1.12. The van der Waals surface area contributed by atoms with E-state index in [1.54, 1.807) is 0 Å². The van der Waals surface area contributed by atoms with Crippen molar-refractivity contribution in [1.29, 1.82) is 0 Å². The van der Waals surface area contributed by atoms with E-state index in [9.17, 15) is 0 Å². The van der Waals surface area contributed by atoms with Gasteiger partial charge in [-0.05, 0) is 27.0 Å². The first-order valence-electron chi connectivity index (χ1n) is 4.80. The van der Waals surface area contributed by atoms with Gasteiger partial charge in [-0.3, -0.25) is 5.10 Å². The van der Waals surface area contributed by atoms with Crippen LogP contribution in [0.5, 0.6) is 0 Å². The third-order valence-electron chi connectivity index (χ3n) is 2.35. The van der Waals surface area contributed by atoms with Crippen molar-refractivity contribution in [1.82, 2.24) is 15.5 Å². The summed E-state index contributed by atoms with van der Waals surface area (Å²) in [7, 11) is 0. The van der Waals surface area contributed by atoms with Crippen molar-refractivity contribution in [2.75, 3.05) is 12.8 Å². The lowest BCUT2D eigenvalue weighted by Gasteiger charge is -2.22. The average Bonchev–Trinajstić information content (AvgIpc) is 2.52. The van der Waals surface area contributed by atoms with Crippen LogP contribution in [0.25, 0.3) is 0 Å². The molecular weight excluding hydrogens is 194 g/mol. The third kappa shape index (κ3) is 3.35. The van der Waals surface area contributed by atoms with Crippen LogP contribution in [0.4, 0.5) is 0 Å². The highest BCUT2D eigenvalue weighted by atomic mass is 32.2. The van der Waals surface area contributed by atoms with Crippen molar-refractivity contribution >= 4 is 11.8 Å². The normalized spacial score (nSPS) is 12.0. The van der Waals surface area contributed by atoms with Crippen molar-refractivity contribution in [3.05, 3.63) is 17.5 Å². The predicted octanol–water partition coefficient (Wildman–Crippen LogP) is 1.95. The maximum atomic E-state index is 3.99. The Labute approximate surface area is 90.1 Å². The number of thioether (sulfide) groups is 1. The van der Waals surface area contributed by atoms with E-state index in [4.69, 9.17) is 0 Å². The van der Waals surface area contributed by atoms with Gasteiger partial charge in [0.05, 0.1) is 6.20 Å². The molecule has 0 spiro atoms. The summed E-state index contributed by atoms with van der Waals surface area (Å²) in [5.41, 5.74) is 2.40. The molecule has 1 aromatic heterocycles. The molecule has 0 aliphatic rings. The Bertz CT molecular complexity index is 281. The molecule has 0 fully saturated rings. The van der Waals surface area contributed by atoms with Gasteiger partial charge in [-0.2, -0.15) is 16.9 Å². The second-order valence-corrected chi connectivity index (χ2v) is 5.60. The number of aromatic amines is 1. The third-order valence-corrected chi connectivity index (χ3v) is 3.60.